The van der Waals surface area contributed by atoms with E-state index in [4.69, 9.17) is 16.3 Å². The molecular formula is C24H22ClNO3. The fraction of sp³-hybridized carbons (Fsp3) is 0.208. The maximum Gasteiger partial charge on any atom is 0.410 e. The van der Waals surface area contributed by atoms with Gasteiger partial charge in [0.25, 0.3) is 0 Å². The molecule has 0 radical (unpaired) electrons. The molecule has 29 heavy (non-hydrogen) atoms. The number of fused-ring (bicyclic) bond motifs is 1. The molecule has 4 nitrogen and oxygen atoms in total. The highest BCUT2D eigenvalue weighted by Gasteiger charge is 2.26. The van der Waals surface area contributed by atoms with Crippen LogP contribution in [0.25, 0.3) is 11.1 Å². The Morgan fingerprint density at radius 1 is 1.07 bits per heavy atom. The number of benzene rings is 3. The van der Waals surface area contributed by atoms with Gasteiger partial charge in [0, 0.05) is 23.7 Å². The number of amides is 1. The summed E-state index contributed by atoms with van der Waals surface area (Å²) in [5, 5.41) is 10.5. The number of ether oxygens (including phenoxy) is 1. The number of phenolic OH excluding ortho intramolecular Hbond substituents is 1. The molecule has 1 N–H and O–H groups in total. The number of aromatic hydroxyl groups is 1. The second kappa shape index (κ2) is 8.18. The second-order valence-electron chi connectivity index (χ2n) is 7.26. The van der Waals surface area contributed by atoms with Crippen molar-refractivity contribution >= 4 is 17.7 Å². The maximum absolute atomic E-state index is 12.7. The van der Waals surface area contributed by atoms with Gasteiger partial charge in [-0.05, 0) is 59.4 Å². The molecule has 0 spiro atoms. The van der Waals surface area contributed by atoms with Crippen molar-refractivity contribution in [3.05, 3.63) is 87.9 Å². The Labute approximate surface area is 175 Å². The number of phenols is 1. The van der Waals surface area contributed by atoms with E-state index < -0.39 is 0 Å². The van der Waals surface area contributed by atoms with E-state index >= 15 is 0 Å². The van der Waals surface area contributed by atoms with Crippen LogP contribution in [0.1, 0.15) is 22.3 Å². The summed E-state index contributed by atoms with van der Waals surface area (Å²) in [6, 6.07) is 18.7. The van der Waals surface area contributed by atoms with Crippen LogP contribution in [0.5, 0.6) is 5.75 Å². The first-order valence-corrected chi connectivity index (χ1v) is 9.96. The highest BCUT2D eigenvalue weighted by Crippen LogP contribution is 2.37. The van der Waals surface area contributed by atoms with Gasteiger partial charge in [-0.25, -0.2) is 4.79 Å². The molecule has 1 aliphatic rings. The summed E-state index contributed by atoms with van der Waals surface area (Å²) >= 11 is 6.41. The van der Waals surface area contributed by atoms with Gasteiger partial charge in [-0.3, -0.25) is 0 Å². The quantitative estimate of drug-likeness (QED) is 0.604. The van der Waals surface area contributed by atoms with Crippen LogP contribution in [0.3, 0.4) is 0 Å². The first-order chi connectivity index (χ1) is 14.0. The Bertz CT molecular complexity index is 1050. The minimum Gasteiger partial charge on any atom is -0.508 e. The lowest BCUT2D eigenvalue weighted by Gasteiger charge is -2.31. The molecule has 4 rings (SSSR count). The third kappa shape index (κ3) is 4.08. The Hall–Kier alpha value is -2.98. The van der Waals surface area contributed by atoms with Crippen molar-refractivity contribution in [2.45, 2.75) is 26.5 Å². The smallest absolute Gasteiger partial charge is 0.410 e. The molecule has 1 amide bonds. The van der Waals surface area contributed by atoms with Crippen LogP contribution in [0, 0.1) is 6.92 Å². The SMILES string of the molecule is Cc1ccc(-c2cc(O)ccc2Cl)c2c1CCN(C(=O)OCc1ccccc1)C2. The summed E-state index contributed by atoms with van der Waals surface area (Å²) in [6.07, 6.45) is 0.431. The van der Waals surface area contributed by atoms with Crippen LogP contribution in [0.4, 0.5) is 4.79 Å². The fourth-order valence-corrected chi connectivity index (χ4v) is 4.01. The molecule has 0 fully saturated rings. The Morgan fingerprint density at radius 3 is 2.66 bits per heavy atom. The molecular weight excluding hydrogens is 386 g/mol. The number of hydrogen-bond acceptors (Lipinski definition) is 3. The van der Waals surface area contributed by atoms with E-state index in [1.807, 2.05) is 36.4 Å². The summed E-state index contributed by atoms with van der Waals surface area (Å²) < 4.78 is 5.52. The van der Waals surface area contributed by atoms with Gasteiger partial charge in [-0.15, -0.1) is 0 Å². The zero-order chi connectivity index (χ0) is 20.4. The molecule has 3 aromatic carbocycles. The number of carbonyl (C=O) groups is 1. The number of halogens is 1. The lowest BCUT2D eigenvalue weighted by Crippen LogP contribution is -2.36. The van der Waals surface area contributed by atoms with Crippen molar-refractivity contribution in [3.8, 4) is 16.9 Å². The van der Waals surface area contributed by atoms with E-state index in [0.29, 0.717) is 18.1 Å². The first kappa shape index (κ1) is 19.3. The standard InChI is InChI=1S/C24H22ClNO3/c1-16-7-9-20(21-13-18(27)8-10-23(21)25)22-14-26(12-11-19(16)22)24(28)29-15-17-5-3-2-4-6-17/h2-10,13,27H,11-12,14-15H2,1H3. The highest BCUT2D eigenvalue weighted by atomic mass is 35.5. The van der Waals surface area contributed by atoms with E-state index in [0.717, 1.165) is 28.7 Å². The average Bonchev–Trinajstić information content (AvgIpc) is 2.75. The van der Waals surface area contributed by atoms with Crippen molar-refractivity contribution < 1.29 is 14.6 Å². The van der Waals surface area contributed by atoms with E-state index in [-0.39, 0.29) is 18.4 Å². The largest absolute Gasteiger partial charge is 0.508 e. The first-order valence-electron chi connectivity index (χ1n) is 9.59. The minimum atomic E-state index is -0.325. The number of nitrogens with zero attached hydrogens (tertiary/aromatic N) is 1. The minimum absolute atomic E-state index is 0.161. The fourth-order valence-electron chi connectivity index (χ4n) is 3.79. The lowest BCUT2D eigenvalue weighted by atomic mass is 9.88. The lowest BCUT2D eigenvalue weighted by molar-refractivity contribution is 0.0919. The summed E-state index contributed by atoms with van der Waals surface area (Å²) in [4.78, 5) is 14.4. The maximum atomic E-state index is 12.7. The number of carbonyl (C=O) groups excluding carboxylic acids is 1. The van der Waals surface area contributed by atoms with Crippen LogP contribution in [-0.4, -0.2) is 22.6 Å². The molecule has 0 saturated carbocycles. The average molecular weight is 408 g/mol. The molecule has 148 valence electrons. The normalized spacial score (nSPS) is 13.1. The molecule has 0 atom stereocenters. The van der Waals surface area contributed by atoms with Gasteiger partial charge >= 0.3 is 6.09 Å². The van der Waals surface area contributed by atoms with Gasteiger partial charge < -0.3 is 14.7 Å². The van der Waals surface area contributed by atoms with E-state index in [1.54, 1.807) is 23.1 Å². The van der Waals surface area contributed by atoms with E-state index in [2.05, 4.69) is 13.0 Å². The molecule has 0 aliphatic carbocycles. The summed E-state index contributed by atoms with van der Waals surface area (Å²) in [5.41, 5.74) is 6.14. The van der Waals surface area contributed by atoms with Crippen molar-refractivity contribution in [1.29, 1.82) is 0 Å². The second-order valence-corrected chi connectivity index (χ2v) is 7.67. The van der Waals surface area contributed by atoms with Crippen molar-refractivity contribution in [1.82, 2.24) is 4.90 Å². The molecule has 1 aliphatic heterocycles. The van der Waals surface area contributed by atoms with Crippen LogP contribution in [-0.2, 0) is 24.3 Å². The van der Waals surface area contributed by atoms with Crippen LogP contribution < -0.4 is 0 Å². The number of hydrogen-bond donors (Lipinski definition) is 1. The Balaban J connectivity index is 1.60. The topological polar surface area (TPSA) is 49.8 Å². The summed E-state index contributed by atoms with van der Waals surface area (Å²) in [7, 11) is 0. The van der Waals surface area contributed by atoms with Crippen molar-refractivity contribution in [3.63, 3.8) is 0 Å². The van der Waals surface area contributed by atoms with Gasteiger partial charge in [0.15, 0.2) is 0 Å². The molecule has 0 saturated heterocycles. The molecule has 5 heteroatoms. The van der Waals surface area contributed by atoms with Crippen LogP contribution >= 0.6 is 11.6 Å². The number of rotatable bonds is 3. The van der Waals surface area contributed by atoms with Gasteiger partial charge in [-0.1, -0.05) is 54.1 Å². The number of aryl methyl sites for hydroxylation is 1. The molecule has 1 heterocycles. The zero-order valence-electron chi connectivity index (χ0n) is 16.2. The van der Waals surface area contributed by atoms with E-state index in [9.17, 15) is 9.90 Å². The van der Waals surface area contributed by atoms with Gasteiger partial charge in [0.05, 0.1) is 0 Å². The van der Waals surface area contributed by atoms with E-state index in [1.165, 1.54) is 11.1 Å². The summed E-state index contributed by atoms with van der Waals surface area (Å²) in [5.74, 6) is 0.161. The molecule has 0 aromatic heterocycles. The Morgan fingerprint density at radius 2 is 1.86 bits per heavy atom. The highest BCUT2D eigenvalue weighted by molar-refractivity contribution is 6.33. The van der Waals surface area contributed by atoms with Gasteiger partial charge in [0.1, 0.15) is 12.4 Å². The molecule has 0 unspecified atom stereocenters. The van der Waals surface area contributed by atoms with Crippen molar-refractivity contribution in [2.24, 2.45) is 0 Å². The predicted molar refractivity (Wildman–Crippen MR) is 114 cm³/mol. The van der Waals surface area contributed by atoms with Crippen LogP contribution in [0.15, 0.2) is 60.7 Å². The van der Waals surface area contributed by atoms with Crippen molar-refractivity contribution in [2.75, 3.05) is 6.54 Å². The van der Waals surface area contributed by atoms with Gasteiger partial charge in [0.2, 0.25) is 0 Å². The monoisotopic (exact) mass is 407 g/mol. The predicted octanol–water partition coefficient (Wildman–Crippen LogP) is 5.72. The zero-order valence-corrected chi connectivity index (χ0v) is 16.9. The molecule has 3 aromatic rings. The summed E-state index contributed by atoms with van der Waals surface area (Å²) in [6.45, 7) is 3.39. The Kier molecular flexibility index (Phi) is 5.45. The van der Waals surface area contributed by atoms with Crippen LogP contribution in [0.2, 0.25) is 5.02 Å². The molecule has 0 bridgehead atoms. The third-order valence-corrected chi connectivity index (χ3v) is 5.68. The van der Waals surface area contributed by atoms with Gasteiger partial charge in [-0.2, -0.15) is 0 Å². The third-order valence-electron chi connectivity index (χ3n) is 5.35.